The van der Waals surface area contributed by atoms with Crippen LogP contribution in [0.2, 0.25) is 0 Å². The third kappa shape index (κ3) is 4.05. The lowest BCUT2D eigenvalue weighted by molar-refractivity contribution is 0.0998. The van der Waals surface area contributed by atoms with Gasteiger partial charge in [-0.05, 0) is 69.2 Å². The SMILES string of the molecule is Cc1cc(C)c2c(c1)sc(=NC(=O)c1ccc(S(=O)(=O)N(C)C(C)C)cc1)n2C. The molecule has 3 aromatic rings. The van der Waals surface area contributed by atoms with E-state index in [0.29, 0.717) is 10.4 Å². The lowest BCUT2D eigenvalue weighted by Gasteiger charge is -2.20. The van der Waals surface area contributed by atoms with E-state index < -0.39 is 15.9 Å². The van der Waals surface area contributed by atoms with Gasteiger partial charge < -0.3 is 4.57 Å². The first-order valence-electron chi connectivity index (χ1n) is 9.26. The van der Waals surface area contributed by atoms with Crippen LogP contribution in [0.25, 0.3) is 10.2 Å². The molecule has 0 unspecified atom stereocenters. The average Bonchev–Trinajstić information content (AvgIpc) is 2.96. The Balaban J connectivity index is 1.97. The minimum Gasteiger partial charge on any atom is -0.319 e. The zero-order valence-electron chi connectivity index (χ0n) is 17.4. The molecule has 0 aliphatic carbocycles. The maximum absolute atomic E-state index is 12.7. The summed E-state index contributed by atoms with van der Waals surface area (Å²) in [6, 6.07) is 9.96. The fourth-order valence-corrected chi connectivity index (χ4v) is 5.71. The molecule has 0 atom stereocenters. The summed E-state index contributed by atoms with van der Waals surface area (Å²) in [7, 11) is -0.148. The van der Waals surface area contributed by atoms with Gasteiger partial charge in [-0.25, -0.2) is 8.42 Å². The van der Waals surface area contributed by atoms with Crippen LogP contribution in [0.4, 0.5) is 0 Å². The number of rotatable bonds is 4. The molecular formula is C21H25N3O3S2. The summed E-state index contributed by atoms with van der Waals surface area (Å²) < 4.78 is 29.4. The van der Waals surface area contributed by atoms with Gasteiger partial charge in [0.25, 0.3) is 5.91 Å². The van der Waals surface area contributed by atoms with Crippen molar-refractivity contribution in [3.63, 3.8) is 0 Å². The number of nitrogens with zero attached hydrogens (tertiary/aromatic N) is 3. The smallest absolute Gasteiger partial charge is 0.279 e. The van der Waals surface area contributed by atoms with Gasteiger partial charge in [0.15, 0.2) is 4.80 Å². The fourth-order valence-electron chi connectivity index (χ4n) is 3.15. The van der Waals surface area contributed by atoms with Gasteiger partial charge in [0.2, 0.25) is 10.0 Å². The maximum Gasteiger partial charge on any atom is 0.279 e. The van der Waals surface area contributed by atoms with Crippen LogP contribution in [-0.2, 0) is 17.1 Å². The average molecular weight is 432 g/mol. The molecule has 0 aliphatic rings. The third-order valence-electron chi connectivity index (χ3n) is 4.94. The number of hydrogen-bond donors (Lipinski definition) is 0. The van der Waals surface area contributed by atoms with Crippen molar-refractivity contribution in [3.8, 4) is 0 Å². The van der Waals surface area contributed by atoms with Crippen LogP contribution in [0.5, 0.6) is 0 Å². The van der Waals surface area contributed by atoms with Gasteiger partial charge in [0, 0.05) is 25.7 Å². The normalized spacial score (nSPS) is 13.0. The van der Waals surface area contributed by atoms with E-state index in [1.54, 1.807) is 7.05 Å². The molecule has 1 heterocycles. The Hall–Kier alpha value is -2.29. The Morgan fingerprint density at radius 1 is 1.14 bits per heavy atom. The second-order valence-electron chi connectivity index (χ2n) is 7.43. The zero-order valence-corrected chi connectivity index (χ0v) is 19.1. The van der Waals surface area contributed by atoms with Crippen LogP contribution in [-0.4, -0.2) is 36.3 Å². The highest BCUT2D eigenvalue weighted by molar-refractivity contribution is 7.89. The predicted molar refractivity (Wildman–Crippen MR) is 117 cm³/mol. The number of carbonyl (C=O) groups excluding carboxylic acids is 1. The highest BCUT2D eigenvalue weighted by atomic mass is 32.2. The van der Waals surface area contributed by atoms with Crippen molar-refractivity contribution in [2.24, 2.45) is 12.0 Å². The van der Waals surface area contributed by atoms with Crippen molar-refractivity contribution < 1.29 is 13.2 Å². The number of fused-ring (bicyclic) bond motifs is 1. The zero-order chi connectivity index (χ0) is 21.5. The molecule has 0 saturated carbocycles. The maximum atomic E-state index is 12.7. The molecule has 1 aromatic heterocycles. The first-order valence-corrected chi connectivity index (χ1v) is 11.5. The van der Waals surface area contributed by atoms with E-state index in [1.165, 1.54) is 39.9 Å². The summed E-state index contributed by atoms with van der Waals surface area (Å²) in [5, 5.41) is 0. The van der Waals surface area contributed by atoms with Crippen LogP contribution >= 0.6 is 11.3 Å². The Labute approximate surface area is 175 Å². The summed E-state index contributed by atoms with van der Waals surface area (Å²) in [5.41, 5.74) is 3.71. The molecule has 0 fully saturated rings. The number of hydrogen-bond acceptors (Lipinski definition) is 4. The number of amides is 1. The fraction of sp³-hybridized carbons (Fsp3) is 0.333. The van der Waals surface area contributed by atoms with Crippen LogP contribution in [0.1, 0.15) is 35.3 Å². The van der Waals surface area contributed by atoms with Gasteiger partial charge in [-0.3, -0.25) is 4.79 Å². The second kappa shape index (κ2) is 7.85. The van der Waals surface area contributed by atoms with E-state index in [0.717, 1.165) is 21.3 Å². The Bertz CT molecular complexity index is 1250. The van der Waals surface area contributed by atoms with E-state index in [1.807, 2.05) is 39.3 Å². The van der Waals surface area contributed by atoms with Gasteiger partial charge in [0.1, 0.15) is 0 Å². The first kappa shape index (κ1) is 21.4. The molecule has 0 saturated heterocycles. The van der Waals surface area contributed by atoms with E-state index in [-0.39, 0.29) is 10.9 Å². The predicted octanol–water partition coefficient (Wildman–Crippen LogP) is 3.63. The molecule has 0 spiro atoms. The van der Waals surface area contributed by atoms with E-state index in [4.69, 9.17) is 0 Å². The van der Waals surface area contributed by atoms with Crippen molar-refractivity contribution >= 4 is 37.5 Å². The Kier molecular flexibility index (Phi) is 5.80. The molecule has 3 rings (SSSR count). The molecule has 29 heavy (non-hydrogen) atoms. The quantitative estimate of drug-likeness (QED) is 0.633. The van der Waals surface area contributed by atoms with Gasteiger partial charge >= 0.3 is 0 Å². The number of carbonyl (C=O) groups is 1. The van der Waals surface area contributed by atoms with Gasteiger partial charge in [-0.2, -0.15) is 9.30 Å². The van der Waals surface area contributed by atoms with Crippen molar-refractivity contribution in [3.05, 3.63) is 57.9 Å². The van der Waals surface area contributed by atoms with Crippen LogP contribution < -0.4 is 4.80 Å². The largest absolute Gasteiger partial charge is 0.319 e. The first-order chi connectivity index (χ1) is 13.5. The standard InChI is InChI=1S/C21H25N3O3S2/c1-13(2)24(6)29(26,27)17-9-7-16(8-10-17)20(25)22-21-23(5)19-15(4)11-14(3)12-18(19)28-21/h7-13H,1-6H3. The van der Waals surface area contributed by atoms with Crippen molar-refractivity contribution in [1.29, 1.82) is 0 Å². The van der Waals surface area contributed by atoms with Crippen molar-refractivity contribution in [1.82, 2.24) is 8.87 Å². The molecule has 0 aliphatic heterocycles. The van der Waals surface area contributed by atoms with Crippen LogP contribution in [0.15, 0.2) is 46.3 Å². The van der Waals surface area contributed by atoms with Gasteiger partial charge in [-0.1, -0.05) is 17.4 Å². The lowest BCUT2D eigenvalue weighted by Crippen LogP contribution is -2.33. The molecule has 0 N–H and O–H groups in total. The van der Waals surface area contributed by atoms with E-state index in [2.05, 4.69) is 17.1 Å². The molecule has 2 aromatic carbocycles. The molecular weight excluding hydrogens is 406 g/mol. The molecule has 154 valence electrons. The summed E-state index contributed by atoms with van der Waals surface area (Å²) in [6.45, 7) is 7.70. The minimum absolute atomic E-state index is 0.156. The molecule has 8 heteroatoms. The Morgan fingerprint density at radius 3 is 2.34 bits per heavy atom. The second-order valence-corrected chi connectivity index (χ2v) is 10.4. The number of thiazole rings is 1. The number of aryl methyl sites for hydroxylation is 3. The van der Waals surface area contributed by atoms with Crippen LogP contribution in [0.3, 0.4) is 0 Å². The Morgan fingerprint density at radius 2 is 1.76 bits per heavy atom. The van der Waals surface area contributed by atoms with Crippen LogP contribution in [0, 0.1) is 13.8 Å². The number of aromatic nitrogens is 1. The number of sulfonamides is 1. The summed E-state index contributed by atoms with van der Waals surface area (Å²) in [4.78, 5) is 17.7. The lowest BCUT2D eigenvalue weighted by atomic mass is 10.1. The van der Waals surface area contributed by atoms with Crippen molar-refractivity contribution in [2.75, 3.05) is 7.05 Å². The number of benzene rings is 2. The summed E-state index contributed by atoms with van der Waals surface area (Å²) in [5.74, 6) is -0.400. The summed E-state index contributed by atoms with van der Waals surface area (Å²) in [6.07, 6.45) is 0. The highest BCUT2D eigenvalue weighted by Crippen LogP contribution is 2.22. The van der Waals surface area contributed by atoms with E-state index in [9.17, 15) is 13.2 Å². The van der Waals surface area contributed by atoms with Crippen molar-refractivity contribution in [2.45, 2.75) is 38.6 Å². The van der Waals surface area contributed by atoms with E-state index >= 15 is 0 Å². The minimum atomic E-state index is -3.58. The van der Waals surface area contributed by atoms with Gasteiger partial charge in [-0.15, -0.1) is 0 Å². The third-order valence-corrected chi connectivity index (χ3v) is 8.06. The molecule has 1 amide bonds. The topological polar surface area (TPSA) is 71.7 Å². The molecule has 0 bridgehead atoms. The highest BCUT2D eigenvalue weighted by Gasteiger charge is 2.23. The molecule has 0 radical (unpaired) electrons. The monoisotopic (exact) mass is 431 g/mol. The summed E-state index contributed by atoms with van der Waals surface area (Å²) >= 11 is 1.46. The molecule has 6 nitrogen and oxygen atoms in total. The van der Waals surface area contributed by atoms with Gasteiger partial charge in [0.05, 0.1) is 15.1 Å².